The Labute approximate surface area is 188 Å². The van der Waals surface area contributed by atoms with Crippen LogP contribution in [-0.4, -0.2) is 51.1 Å². The number of likely N-dealkylation sites (tertiary alicyclic amines) is 1. The van der Waals surface area contributed by atoms with E-state index in [-0.39, 0.29) is 17.8 Å². The average molecular weight is 435 g/mol. The Kier molecular flexibility index (Phi) is 6.26. The molecular formula is C25H30N4O3. The van der Waals surface area contributed by atoms with Gasteiger partial charge in [0.1, 0.15) is 5.56 Å². The first kappa shape index (κ1) is 22.0. The molecule has 7 nitrogen and oxygen atoms in total. The number of rotatable bonds is 5. The van der Waals surface area contributed by atoms with Gasteiger partial charge in [-0.3, -0.25) is 9.59 Å². The number of carbonyl (C=O) groups excluding carboxylic acids is 2. The predicted octanol–water partition coefficient (Wildman–Crippen LogP) is 3.66. The van der Waals surface area contributed by atoms with E-state index in [1.54, 1.807) is 15.6 Å². The van der Waals surface area contributed by atoms with Crippen LogP contribution >= 0.6 is 0 Å². The molecule has 168 valence electrons. The molecule has 3 heterocycles. The Morgan fingerprint density at radius 2 is 1.78 bits per heavy atom. The second kappa shape index (κ2) is 9.10. The minimum absolute atomic E-state index is 0.0834. The number of esters is 1. The smallest absolute Gasteiger partial charge is 0.309 e. The fourth-order valence-electron chi connectivity index (χ4n) is 4.38. The van der Waals surface area contributed by atoms with Crippen LogP contribution in [0.4, 0.5) is 0 Å². The summed E-state index contributed by atoms with van der Waals surface area (Å²) in [6.07, 6.45) is 3.63. The fourth-order valence-corrected chi connectivity index (χ4v) is 4.38. The van der Waals surface area contributed by atoms with Gasteiger partial charge in [0, 0.05) is 30.9 Å². The van der Waals surface area contributed by atoms with Gasteiger partial charge < -0.3 is 9.64 Å². The third-order valence-electron chi connectivity index (χ3n) is 6.34. The lowest BCUT2D eigenvalue weighted by atomic mass is 9.96. The number of piperidine rings is 1. The minimum atomic E-state index is -0.162. The van der Waals surface area contributed by atoms with E-state index in [1.165, 1.54) is 11.1 Å². The maximum Gasteiger partial charge on any atom is 0.309 e. The SMILES string of the molecule is CCOC(=O)C1CCN(C(=O)c2cnn3c(C)c(Cc4ccc(C)cc4)c(C)nc23)CC1. The summed E-state index contributed by atoms with van der Waals surface area (Å²) in [6, 6.07) is 8.50. The molecule has 0 bridgehead atoms. The van der Waals surface area contributed by atoms with Gasteiger partial charge in [-0.1, -0.05) is 29.8 Å². The molecule has 2 aromatic heterocycles. The summed E-state index contributed by atoms with van der Waals surface area (Å²) >= 11 is 0. The molecule has 0 aliphatic carbocycles. The normalized spacial score (nSPS) is 14.7. The zero-order chi connectivity index (χ0) is 22.8. The molecule has 0 radical (unpaired) electrons. The lowest BCUT2D eigenvalue weighted by molar-refractivity contribution is -0.149. The van der Waals surface area contributed by atoms with Crippen LogP contribution in [0.2, 0.25) is 0 Å². The topological polar surface area (TPSA) is 76.8 Å². The van der Waals surface area contributed by atoms with Crippen LogP contribution in [-0.2, 0) is 16.0 Å². The molecule has 0 saturated carbocycles. The number of nitrogens with zero attached hydrogens (tertiary/aromatic N) is 4. The molecule has 32 heavy (non-hydrogen) atoms. The molecule has 0 atom stereocenters. The molecule has 1 amide bonds. The Balaban J connectivity index is 1.55. The molecule has 1 aliphatic rings. The molecule has 7 heteroatoms. The third kappa shape index (κ3) is 4.24. The van der Waals surface area contributed by atoms with Crippen molar-refractivity contribution in [2.75, 3.05) is 19.7 Å². The van der Waals surface area contributed by atoms with Crippen LogP contribution in [0, 0.1) is 26.7 Å². The van der Waals surface area contributed by atoms with Gasteiger partial charge in [0.2, 0.25) is 0 Å². The maximum atomic E-state index is 13.2. The quantitative estimate of drug-likeness (QED) is 0.573. The summed E-state index contributed by atoms with van der Waals surface area (Å²) in [5.74, 6) is -0.376. The van der Waals surface area contributed by atoms with Crippen molar-refractivity contribution in [3.63, 3.8) is 0 Å². The van der Waals surface area contributed by atoms with E-state index in [1.807, 2.05) is 20.8 Å². The van der Waals surface area contributed by atoms with Gasteiger partial charge in [-0.2, -0.15) is 5.10 Å². The number of ether oxygens (including phenoxy) is 1. The first-order valence-corrected chi connectivity index (χ1v) is 11.2. The van der Waals surface area contributed by atoms with E-state index in [4.69, 9.17) is 9.72 Å². The standard InChI is InChI=1S/C25H30N4O3/c1-5-32-25(31)20-10-12-28(13-11-20)24(30)22-15-26-29-18(4)21(17(3)27-23(22)29)14-19-8-6-16(2)7-9-19/h6-9,15,20H,5,10-14H2,1-4H3. The number of hydrogen-bond acceptors (Lipinski definition) is 5. The first-order chi connectivity index (χ1) is 15.4. The van der Waals surface area contributed by atoms with Crippen molar-refractivity contribution in [3.8, 4) is 0 Å². The molecular weight excluding hydrogens is 404 g/mol. The zero-order valence-corrected chi connectivity index (χ0v) is 19.2. The Hall–Kier alpha value is -3.22. The first-order valence-electron chi connectivity index (χ1n) is 11.2. The molecule has 1 saturated heterocycles. The van der Waals surface area contributed by atoms with Crippen LogP contribution < -0.4 is 0 Å². The van der Waals surface area contributed by atoms with Crippen LogP contribution in [0.15, 0.2) is 30.5 Å². The number of hydrogen-bond donors (Lipinski definition) is 0. The summed E-state index contributed by atoms with van der Waals surface area (Å²) in [6.45, 7) is 9.35. The van der Waals surface area contributed by atoms with Gasteiger partial charge in [-0.15, -0.1) is 0 Å². The lowest BCUT2D eigenvalue weighted by Gasteiger charge is -2.30. The van der Waals surface area contributed by atoms with E-state index in [0.717, 1.165) is 23.4 Å². The van der Waals surface area contributed by atoms with Crippen molar-refractivity contribution >= 4 is 17.5 Å². The highest BCUT2D eigenvalue weighted by Crippen LogP contribution is 2.24. The van der Waals surface area contributed by atoms with Gasteiger partial charge in [-0.05, 0) is 51.7 Å². The highest BCUT2D eigenvalue weighted by atomic mass is 16.5. The van der Waals surface area contributed by atoms with Crippen molar-refractivity contribution < 1.29 is 14.3 Å². The number of benzene rings is 1. The Morgan fingerprint density at radius 3 is 2.44 bits per heavy atom. The Morgan fingerprint density at radius 1 is 1.09 bits per heavy atom. The molecule has 1 fully saturated rings. The number of carbonyl (C=O) groups is 2. The number of aryl methyl sites for hydroxylation is 3. The summed E-state index contributed by atoms with van der Waals surface area (Å²) in [7, 11) is 0. The zero-order valence-electron chi connectivity index (χ0n) is 19.2. The number of aromatic nitrogens is 3. The second-order valence-electron chi connectivity index (χ2n) is 8.54. The molecule has 1 aromatic carbocycles. The van der Waals surface area contributed by atoms with E-state index >= 15 is 0 Å². The van der Waals surface area contributed by atoms with Gasteiger partial charge in [0.25, 0.3) is 5.91 Å². The lowest BCUT2D eigenvalue weighted by Crippen LogP contribution is -2.40. The van der Waals surface area contributed by atoms with Gasteiger partial charge in [0.15, 0.2) is 5.65 Å². The van der Waals surface area contributed by atoms with E-state index in [0.29, 0.717) is 43.7 Å². The second-order valence-corrected chi connectivity index (χ2v) is 8.54. The highest BCUT2D eigenvalue weighted by Gasteiger charge is 2.30. The van der Waals surface area contributed by atoms with Crippen molar-refractivity contribution in [2.24, 2.45) is 5.92 Å². The van der Waals surface area contributed by atoms with Gasteiger partial charge in [-0.25, -0.2) is 9.50 Å². The van der Waals surface area contributed by atoms with Crippen molar-refractivity contribution in [2.45, 2.75) is 47.0 Å². The summed E-state index contributed by atoms with van der Waals surface area (Å²) < 4.78 is 6.90. The molecule has 1 aliphatic heterocycles. The molecule has 0 N–H and O–H groups in total. The summed E-state index contributed by atoms with van der Waals surface area (Å²) in [5.41, 5.74) is 6.57. The largest absolute Gasteiger partial charge is 0.466 e. The third-order valence-corrected chi connectivity index (χ3v) is 6.34. The fraction of sp³-hybridized carbons (Fsp3) is 0.440. The van der Waals surface area contributed by atoms with Crippen molar-refractivity contribution in [3.05, 3.63) is 64.1 Å². The molecule has 3 aromatic rings. The van der Waals surface area contributed by atoms with E-state index in [2.05, 4.69) is 36.3 Å². The van der Waals surface area contributed by atoms with Crippen LogP contribution in [0.5, 0.6) is 0 Å². The molecule has 0 unspecified atom stereocenters. The number of fused-ring (bicyclic) bond motifs is 1. The summed E-state index contributed by atoms with van der Waals surface area (Å²) in [4.78, 5) is 31.8. The summed E-state index contributed by atoms with van der Waals surface area (Å²) in [5, 5.41) is 4.49. The monoisotopic (exact) mass is 434 g/mol. The predicted molar refractivity (Wildman–Crippen MR) is 122 cm³/mol. The highest BCUT2D eigenvalue weighted by molar-refractivity contribution is 5.99. The van der Waals surface area contributed by atoms with Gasteiger partial charge in [0.05, 0.1) is 18.7 Å². The Bertz CT molecular complexity index is 1140. The van der Waals surface area contributed by atoms with Crippen LogP contribution in [0.25, 0.3) is 5.65 Å². The van der Waals surface area contributed by atoms with Crippen LogP contribution in [0.3, 0.4) is 0 Å². The average Bonchev–Trinajstić information content (AvgIpc) is 3.21. The van der Waals surface area contributed by atoms with E-state index < -0.39 is 0 Å². The maximum absolute atomic E-state index is 13.2. The van der Waals surface area contributed by atoms with E-state index in [9.17, 15) is 9.59 Å². The van der Waals surface area contributed by atoms with Gasteiger partial charge >= 0.3 is 5.97 Å². The van der Waals surface area contributed by atoms with Crippen molar-refractivity contribution in [1.82, 2.24) is 19.5 Å². The van der Waals surface area contributed by atoms with Crippen molar-refractivity contribution in [1.29, 1.82) is 0 Å². The molecule has 0 spiro atoms. The molecule has 4 rings (SSSR count). The minimum Gasteiger partial charge on any atom is -0.466 e. The van der Waals surface area contributed by atoms with Crippen LogP contribution in [0.1, 0.15) is 58.2 Å². The number of amides is 1.